The average molecular weight is 612 g/mol. The van der Waals surface area contributed by atoms with Crippen LogP contribution >= 0.6 is 11.6 Å². The number of nitrogens with zero attached hydrogens (tertiary/aromatic N) is 3. The van der Waals surface area contributed by atoms with Crippen molar-refractivity contribution in [2.75, 3.05) is 0 Å². The van der Waals surface area contributed by atoms with Gasteiger partial charge in [0.2, 0.25) is 5.91 Å². The standard InChI is InChI=1S/C29H34ClN5O4.2C2H6/c1-16-14-24(27(37)34-33-16)39-23-12-10-21(31-17(23)2)26(36)32-18(3)28(38)35-22(11-13-25(35)29(4,5)6)19-8-7-9-20(30)15-19;2*1-2/h7-10,12,14-15,18,22,25H,11,13H2,1-6H3,(H,32,36)(H,34,37);2*1-2H3/t18-,22?,25?;;/m1../s1. The van der Waals surface area contributed by atoms with Gasteiger partial charge in [-0.1, -0.05) is 72.2 Å². The summed E-state index contributed by atoms with van der Waals surface area (Å²) < 4.78 is 5.70. The zero-order valence-electron chi connectivity index (χ0n) is 27.0. The number of hydrogen-bond donors (Lipinski definition) is 2. The summed E-state index contributed by atoms with van der Waals surface area (Å²) in [5.74, 6) is -0.220. The largest absolute Gasteiger partial charge is 0.450 e. The van der Waals surface area contributed by atoms with Crippen LogP contribution < -0.4 is 15.6 Å². The number of H-pyrrole nitrogens is 1. The van der Waals surface area contributed by atoms with Gasteiger partial charge in [0.15, 0.2) is 5.75 Å². The number of nitrogens with one attached hydrogen (secondary N) is 2. The van der Waals surface area contributed by atoms with E-state index < -0.39 is 17.5 Å². The van der Waals surface area contributed by atoms with Crippen molar-refractivity contribution in [3.63, 3.8) is 0 Å². The van der Waals surface area contributed by atoms with Crippen LogP contribution in [0.2, 0.25) is 5.02 Å². The van der Waals surface area contributed by atoms with Gasteiger partial charge in [-0.05, 0) is 68.9 Å². The molecule has 0 bridgehead atoms. The highest BCUT2D eigenvalue weighted by Gasteiger charge is 2.44. The lowest BCUT2D eigenvalue weighted by Crippen LogP contribution is -2.52. The third kappa shape index (κ3) is 8.89. The number of halogens is 1. The minimum absolute atomic E-state index is 0.00473. The quantitative estimate of drug-likeness (QED) is 0.305. The number of aromatic nitrogens is 3. The number of likely N-dealkylation sites (tertiary alicyclic amines) is 1. The molecular weight excluding hydrogens is 566 g/mol. The Morgan fingerprint density at radius 3 is 2.33 bits per heavy atom. The first kappa shape index (κ1) is 35.5. The normalized spacial score (nSPS) is 16.7. The molecular formula is C33H46ClN5O4. The number of carbonyl (C=O) groups is 2. The van der Waals surface area contributed by atoms with Gasteiger partial charge in [0, 0.05) is 17.1 Å². The molecule has 2 amide bonds. The third-order valence-electron chi connectivity index (χ3n) is 6.98. The highest BCUT2D eigenvalue weighted by molar-refractivity contribution is 6.30. The maximum absolute atomic E-state index is 13.8. The number of pyridine rings is 1. The van der Waals surface area contributed by atoms with Gasteiger partial charge in [0.05, 0.1) is 17.4 Å². The second-order valence-electron chi connectivity index (χ2n) is 11.1. The average Bonchev–Trinajstić information content (AvgIpc) is 3.44. The van der Waals surface area contributed by atoms with Gasteiger partial charge < -0.3 is 15.0 Å². The van der Waals surface area contributed by atoms with Crippen molar-refractivity contribution in [2.45, 2.75) is 100 Å². The minimum Gasteiger partial charge on any atom is -0.450 e. The Morgan fingerprint density at radius 2 is 1.72 bits per heavy atom. The van der Waals surface area contributed by atoms with Crippen molar-refractivity contribution in [1.29, 1.82) is 0 Å². The van der Waals surface area contributed by atoms with Crippen molar-refractivity contribution in [1.82, 2.24) is 25.4 Å². The van der Waals surface area contributed by atoms with Crippen LogP contribution in [0.25, 0.3) is 0 Å². The molecule has 43 heavy (non-hydrogen) atoms. The number of ether oxygens (including phenoxy) is 1. The molecule has 0 radical (unpaired) electrons. The maximum Gasteiger partial charge on any atom is 0.307 e. The number of benzene rings is 1. The predicted octanol–water partition coefficient (Wildman–Crippen LogP) is 7.18. The molecule has 2 N–H and O–H groups in total. The van der Waals surface area contributed by atoms with Crippen LogP contribution in [0.4, 0.5) is 0 Å². The van der Waals surface area contributed by atoms with E-state index in [0.29, 0.717) is 22.2 Å². The molecule has 0 saturated carbocycles. The van der Waals surface area contributed by atoms with E-state index in [-0.39, 0.29) is 34.8 Å². The molecule has 3 aromatic rings. The van der Waals surface area contributed by atoms with Gasteiger partial charge in [-0.15, -0.1) is 0 Å². The number of amides is 2. The van der Waals surface area contributed by atoms with Gasteiger partial charge in [0.1, 0.15) is 17.5 Å². The summed E-state index contributed by atoms with van der Waals surface area (Å²) in [6, 6.07) is 11.3. The fourth-order valence-electron chi connectivity index (χ4n) is 5.02. The van der Waals surface area contributed by atoms with Crippen LogP contribution in [-0.4, -0.2) is 44.0 Å². The molecule has 4 rings (SSSR count). The van der Waals surface area contributed by atoms with Crippen LogP contribution in [0.1, 0.15) is 102 Å². The van der Waals surface area contributed by atoms with Crippen molar-refractivity contribution in [3.05, 3.63) is 80.5 Å². The molecule has 1 saturated heterocycles. The number of aryl methyl sites for hydroxylation is 2. The Morgan fingerprint density at radius 1 is 1.05 bits per heavy atom. The Hall–Kier alpha value is -3.72. The van der Waals surface area contributed by atoms with Crippen LogP contribution in [0.3, 0.4) is 0 Å². The first-order chi connectivity index (χ1) is 20.3. The van der Waals surface area contributed by atoms with Gasteiger partial charge in [-0.25, -0.2) is 10.1 Å². The lowest BCUT2D eigenvalue weighted by molar-refractivity contribution is -0.138. The zero-order valence-corrected chi connectivity index (χ0v) is 27.8. The van der Waals surface area contributed by atoms with Gasteiger partial charge in [0.25, 0.3) is 5.91 Å². The van der Waals surface area contributed by atoms with E-state index in [4.69, 9.17) is 16.3 Å². The Labute approximate surface area is 260 Å². The summed E-state index contributed by atoms with van der Waals surface area (Å²) in [5.41, 5.74) is 1.52. The molecule has 10 heteroatoms. The smallest absolute Gasteiger partial charge is 0.307 e. The Bertz CT molecular complexity index is 1450. The Balaban J connectivity index is 0.00000155. The fourth-order valence-corrected chi connectivity index (χ4v) is 5.22. The van der Waals surface area contributed by atoms with Crippen molar-refractivity contribution < 1.29 is 14.3 Å². The fraction of sp³-hybridized carbons (Fsp3) is 0.485. The Kier molecular flexibility index (Phi) is 12.9. The lowest BCUT2D eigenvalue weighted by Gasteiger charge is -2.39. The summed E-state index contributed by atoms with van der Waals surface area (Å²) in [6.07, 6.45) is 1.67. The minimum atomic E-state index is -0.779. The molecule has 1 fully saturated rings. The molecule has 2 unspecified atom stereocenters. The van der Waals surface area contributed by atoms with E-state index in [0.717, 1.165) is 18.4 Å². The first-order valence-corrected chi connectivity index (χ1v) is 15.3. The van der Waals surface area contributed by atoms with Crippen molar-refractivity contribution in [3.8, 4) is 11.5 Å². The maximum atomic E-state index is 13.8. The highest BCUT2D eigenvalue weighted by Crippen LogP contribution is 2.43. The monoisotopic (exact) mass is 611 g/mol. The molecule has 2 aromatic heterocycles. The zero-order chi connectivity index (χ0) is 32.5. The van der Waals surface area contributed by atoms with Crippen LogP contribution in [0.5, 0.6) is 11.5 Å². The summed E-state index contributed by atoms with van der Waals surface area (Å²) in [7, 11) is 0. The first-order valence-electron chi connectivity index (χ1n) is 15.0. The second kappa shape index (κ2) is 15.7. The SMILES string of the molecule is CC.CC.Cc1cc(Oc2ccc(C(=O)N[C@H](C)C(=O)N3C(c4cccc(Cl)c4)CCC3C(C)(C)C)nc2C)c(=O)[nH]n1. The third-order valence-corrected chi connectivity index (χ3v) is 7.21. The van der Waals surface area contributed by atoms with E-state index >= 15 is 0 Å². The number of aromatic amines is 1. The molecule has 3 atom stereocenters. The summed E-state index contributed by atoms with van der Waals surface area (Å²) in [6.45, 7) is 19.5. The molecule has 0 aliphatic carbocycles. The van der Waals surface area contributed by atoms with Crippen LogP contribution in [0.15, 0.2) is 47.3 Å². The molecule has 9 nitrogen and oxygen atoms in total. The predicted molar refractivity (Wildman–Crippen MR) is 172 cm³/mol. The lowest BCUT2D eigenvalue weighted by atomic mass is 9.85. The number of carbonyl (C=O) groups excluding carboxylic acids is 2. The highest BCUT2D eigenvalue weighted by atomic mass is 35.5. The summed E-state index contributed by atoms with van der Waals surface area (Å²) in [5, 5.41) is 9.64. The van der Waals surface area contributed by atoms with Crippen molar-refractivity contribution >= 4 is 23.4 Å². The van der Waals surface area contributed by atoms with E-state index in [2.05, 4.69) is 41.3 Å². The molecule has 1 aromatic carbocycles. The van der Waals surface area contributed by atoms with E-state index in [1.807, 2.05) is 56.9 Å². The molecule has 0 spiro atoms. The van der Waals surface area contributed by atoms with E-state index in [1.54, 1.807) is 26.8 Å². The van der Waals surface area contributed by atoms with Gasteiger partial charge in [-0.3, -0.25) is 14.4 Å². The molecule has 1 aliphatic heterocycles. The van der Waals surface area contributed by atoms with Gasteiger partial charge in [-0.2, -0.15) is 5.10 Å². The van der Waals surface area contributed by atoms with Crippen molar-refractivity contribution in [2.24, 2.45) is 5.41 Å². The number of hydrogen-bond acceptors (Lipinski definition) is 6. The van der Waals surface area contributed by atoms with Gasteiger partial charge >= 0.3 is 5.56 Å². The van der Waals surface area contributed by atoms with E-state index in [1.165, 1.54) is 12.1 Å². The topological polar surface area (TPSA) is 117 Å². The second-order valence-corrected chi connectivity index (χ2v) is 11.5. The van der Waals surface area contributed by atoms with Crippen LogP contribution in [0, 0.1) is 19.3 Å². The summed E-state index contributed by atoms with van der Waals surface area (Å²) >= 11 is 6.26. The van der Waals surface area contributed by atoms with Crippen LogP contribution in [-0.2, 0) is 4.79 Å². The molecule has 234 valence electrons. The molecule has 3 heterocycles. The molecule has 1 aliphatic rings. The van der Waals surface area contributed by atoms with E-state index in [9.17, 15) is 14.4 Å². The summed E-state index contributed by atoms with van der Waals surface area (Å²) in [4.78, 5) is 45.2. The number of rotatable bonds is 6.